The molecule has 0 aliphatic rings. The fourth-order valence-corrected chi connectivity index (χ4v) is 2.01. The van der Waals surface area contributed by atoms with Crippen molar-refractivity contribution in [2.75, 3.05) is 0 Å². The van der Waals surface area contributed by atoms with Gasteiger partial charge in [0.25, 0.3) is 11.5 Å². The molecule has 22 heavy (non-hydrogen) atoms. The lowest BCUT2D eigenvalue weighted by atomic mass is 10.1. The van der Waals surface area contributed by atoms with Crippen molar-refractivity contribution in [1.82, 2.24) is 15.6 Å². The third-order valence-corrected chi connectivity index (χ3v) is 3.11. The topological polar surface area (TPSA) is 100 Å². The van der Waals surface area contributed by atoms with Gasteiger partial charge in [0, 0.05) is 5.39 Å². The molecule has 2 N–H and O–H groups in total. The molecule has 7 nitrogen and oxygen atoms in total. The summed E-state index contributed by atoms with van der Waals surface area (Å²) in [7, 11) is 0. The van der Waals surface area contributed by atoms with Crippen LogP contribution in [0, 0.1) is 0 Å². The maximum atomic E-state index is 12.2. The molecule has 110 valence electrons. The Balaban J connectivity index is 1.92. The van der Waals surface area contributed by atoms with Crippen LogP contribution in [0.4, 0.5) is 0 Å². The van der Waals surface area contributed by atoms with Crippen LogP contribution in [0.5, 0.6) is 0 Å². The highest BCUT2D eigenvalue weighted by Crippen LogP contribution is 2.12. The van der Waals surface area contributed by atoms with Gasteiger partial charge in [-0.15, -0.1) is 0 Å². The van der Waals surface area contributed by atoms with Crippen molar-refractivity contribution in [3.05, 3.63) is 64.5 Å². The van der Waals surface area contributed by atoms with Gasteiger partial charge in [-0.05, 0) is 25.1 Å². The highest BCUT2D eigenvalue weighted by molar-refractivity contribution is 6.05. The van der Waals surface area contributed by atoms with E-state index in [2.05, 4.69) is 20.7 Å². The summed E-state index contributed by atoms with van der Waals surface area (Å²) in [5, 5.41) is 10.9. The predicted octanol–water partition coefficient (Wildman–Crippen LogP) is 1.67. The fourth-order valence-electron chi connectivity index (χ4n) is 2.01. The van der Waals surface area contributed by atoms with Gasteiger partial charge >= 0.3 is 0 Å². The highest BCUT2D eigenvalue weighted by Gasteiger charge is 2.13. The number of hydrazone groups is 1. The van der Waals surface area contributed by atoms with E-state index in [0.29, 0.717) is 22.2 Å². The summed E-state index contributed by atoms with van der Waals surface area (Å²) in [6, 6.07) is 10.2. The van der Waals surface area contributed by atoms with E-state index in [1.165, 1.54) is 6.26 Å². The van der Waals surface area contributed by atoms with Gasteiger partial charge in [-0.1, -0.05) is 18.2 Å². The first-order valence-corrected chi connectivity index (χ1v) is 6.53. The van der Waals surface area contributed by atoms with Crippen LogP contribution >= 0.6 is 0 Å². The Kier molecular flexibility index (Phi) is 3.53. The third-order valence-electron chi connectivity index (χ3n) is 3.11. The van der Waals surface area contributed by atoms with E-state index in [-0.39, 0.29) is 11.3 Å². The number of hydrogen-bond acceptors (Lipinski definition) is 5. The smallest absolute Gasteiger partial charge is 0.292 e. The van der Waals surface area contributed by atoms with E-state index < -0.39 is 5.91 Å². The van der Waals surface area contributed by atoms with Crippen molar-refractivity contribution in [1.29, 1.82) is 0 Å². The van der Waals surface area contributed by atoms with Crippen LogP contribution in [0.25, 0.3) is 10.8 Å². The Hall–Kier alpha value is -3.22. The van der Waals surface area contributed by atoms with Crippen molar-refractivity contribution >= 4 is 22.4 Å². The SMILES string of the molecule is C/C(=N/NC(=O)c1n[nH]c(=O)c2ccccc12)c1ccco1. The Labute approximate surface area is 124 Å². The average Bonchev–Trinajstić information content (AvgIpc) is 3.07. The van der Waals surface area contributed by atoms with Gasteiger partial charge in [-0.3, -0.25) is 9.59 Å². The molecule has 0 bridgehead atoms. The molecule has 0 saturated carbocycles. The Morgan fingerprint density at radius 2 is 2.00 bits per heavy atom. The summed E-state index contributed by atoms with van der Waals surface area (Å²) < 4.78 is 5.17. The van der Waals surface area contributed by atoms with Crippen molar-refractivity contribution in [3.63, 3.8) is 0 Å². The minimum Gasteiger partial charge on any atom is -0.463 e. The van der Waals surface area contributed by atoms with Crippen LogP contribution in [0.2, 0.25) is 0 Å². The van der Waals surface area contributed by atoms with Gasteiger partial charge < -0.3 is 4.42 Å². The molecule has 7 heteroatoms. The molecule has 0 atom stereocenters. The van der Waals surface area contributed by atoms with E-state index in [4.69, 9.17) is 4.42 Å². The molecule has 0 aliphatic heterocycles. The summed E-state index contributed by atoms with van der Waals surface area (Å²) in [6.45, 7) is 1.71. The number of nitrogens with one attached hydrogen (secondary N) is 2. The van der Waals surface area contributed by atoms with Crippen LogP contribution in [0.1, 0.15) is 23.2 Å². The number of H-pyrrole nitrogens is 1. The Morgan fingerprint density at radius 1 is 1.23 bits per heavy atom. The number of fused-ring (bicyclic) bond motifs is 1. The molecule has 0 radical (unpaired) electrons. The van der Waals surface area contributed by atoms with Crippen LogP contribution in [0.3, 0.4) is 0 Å². The summed E-state index contributed by atoms with van der Waals surface area (Å²) in [6.07, 6.45) is 1.52. The second-order valence-corrected chi connectivity index (χ2v) is 4.56. The first kappa shape index (κ1) is 13.7. The van der Waals surface area contributed by atoms with Gasteiger partial charge in [0.1, 0.15) is 11.5 Å². The number of amides is 1. The second-order valence-electron chi connectivity index (χ2n) is 4.56. The number of rotatable bonds is 3. The van der Waals surface area contributed by atoms with Crippen molar-refractivity contribution in [3.8, 4) is 0 Å². The molecule has 0 fully saturated rings. The molecule has 3 aromatic rings. The first-order chi connectivity index (χ1) is 10.7. The molecule has 3 rings (SSSR count). The summed E-state index contributed by atoms with van der Waals surface area (Å²) in [5.74, 6) is 0.0398. The lowest BCUT2D eigenvalue weighted by molar-refractivity contribution is 0.0950. The zero-order valence-electron chi connectivity index (χ0n) is 11.7. The number of furan rings is 1. The van der Waals surface area contributed by atoms with E-state index in [0.717, 1.165) is 0 Å². The number of aromatic nitrogens is 2. The Morgan fingerprint density at radius 3 is 2.73 bits per heavy atom. The first-order valence-electron chi connectivity index (χ1n) is 6.53. The number of hydrogen-bond donors (Lipinski definition) is 2. The second kappa shape index (κ2) is 5.65. The molecule has 2 heterocycles. The van der Waals surface area contributed by atoms with Gasteiger partial charge in [0.2, 0.25) is 0 Å². The molecule has 0 spiro atoms. The zero-order valence-corrected chi connectivity index (χ0v) is 11.7. The van der Waals surface area contributed by atoms with Crippen molar-refractivity contribution in [2.45, 2.75) is 6.92 Å². The highest BCUT2D eigenvalue weighted by atomic mass is 16.3. The number of nitrogens with zero attached hydrogens (tertiary/aromatic N) is 2. The number of carbonyl (C=O) groups is 1. The van der Waals surface area contributed by atoms with Crippen LogP contribution < -0.4 is 11.0 Å². The third kappa shape index (κ3) is 2.51. The fraction of sp³-hybridized carbons (Fsp3) is 0.0667. The lowest BCUT2D eigenvalue weighted by Gasteiger charge is -2.03. The van der Waals surface area contributed by atoms with E-state index in [9.17, 15) is 9.59 Å². The standard InChI is InChI=1S/C15H12N4O3/c1-9(12-7-4-8-22-12)16-19-15(21)13-10-5-2-3-6-11(10)14(20)18-17-13/h2-8H,1H3,(H,18,20)(H,19,21)/b16-9-. The predicted molar refractivity (Wildman–Crippen MR) is 80.7 cm³/mol. The molecular formula is C15H12N4O3. The lowest BCUT2D eigenvalue weighted by Crippen LogP contribution is -2.23. The van der Waals surface area contributed by atoms with Gasteiger partial charge in [0.15, 0.2) is 5.69 Å². The van der Waals surface area contributed by atoms with Gasteiger partial charge in [-0.25, -0.2) is 10.5 Å². The van der Waals surface area contributed by atoms with Gasteiger partial charge in [0.05, 0.1) is 11.6 Å². The minimum atomic E-state index is -0.515. The van der Waals surface area contributed by atoms with Crippen LogP contribution in [-0.4, -0.2) is 21.8 Å². The normalized spacial score (nSPS) is 11.6. The monoisotopic (exact) mass is 296 g/mol. The molecule has 0 saturated heterocycles. The largest absolute Gasteiger partial charge is 0.463 e. The van der Waals surface area contributed by atoms with Crippen LogP contribution in [0.15, 0.2) is 57.0 Å². The van der Waals surface area contributed by atoms with E-state index in [1.54, 1.807) is 43.3 Å². The molecule has 2 aromatic heterocycles. The molecular weight excluding hydrogens is 284 g/mol. The number of carbonyl (C=O) groups excluding carboxylic acids is 1. The summed E-state index contributed by atoms with van der Waals surface area (Å²) in [5.41, 5.74) is 2.68. The molecule has 0 unspecified atom stereocenters. The minimum absolute atomic E-state index is 0.103. The van der Waals surface area contributed by atoms with Crippen molar-refractivity contribution in [2.24, 2.45) is 5.10 Å². The summed E-state index contributed by atoms with van der Waals surface area (Å²) in [4.78, 5) is 23.9. The molecule has 1 aromatic carbocycles. The number of benzene rings is 1. The Bertz CT molecular complexity index is 910. The van der Waals surface area contributed by atoms with Gasteiger partial charge in [-0.2, -0.15) is 10.2 Å². The maximum Gasteiger partial charge on any atom is 0.292 e. The maximum absolute atomic E-state index is 12.2. The van der Waals surface area contributed by atoms with E-state index >= 15 is 0 Å². The zero-order chi connectivity index (χ0) is 15.5. The quantitative estimate of drug-likeness (QED) is 0.567. The number of aromatic amines is 1. The average molecular weight is 296 g/mol. The molecule has 1 amide bonds. The van der Waals surface area contributed by atoms with Crippen LogP contribution in [-0.2, 0) is 0 Å². The summed E-state index contributed by atoms with van der Waals surface area (Å²) >= 11 is 0. The van der Waals surface area contributed by atoms with E-state index in [1.807, 2.05) is 0 Å². The molecule has 0 aliphatic carbocycles. The van der Waals surface area contributed by atoms with Crippen molar-refractivity contribution < 1.29 is 9.21 Å².